The average Bonchev–Trinajstić information content (AvgIpc) is 0.722. The predicted molar refractivity (Wildman–Crippen MR) is 33.7 cm³/mol. The van der Waals surface area contributed by atoms with Crippen LogP contribution in [0.3, 0.4) is 0 Å². The lowest BCUT2D eigenvalue weighted by atomic mass is 10.8. The molecule has 0 fully saturated rings. The summed E-state index contributed by atoms with van der Waals surface area (Å²) in [5.74, 6) is 0. The lowest BCUT2D eigenvalue weighted by Gasteiger charge is -2.14. The van der Waals surface area contributed by atoms with Gasteiger partial charge in [-0.05, 0) is 0 Å². The van der Waals surface area contributed by atoms with Crippen molar-refractivity contribution in [3.8, 4) is 0 Å². The highest BCUT2D eigenvalue weighted by molar-refractivity contribution is 5.85. The third-order valence-electron chi connectivity index (χ3n) is 0. The standard InChI is InChI=1S/C4H12N.ClH.FH/c1-5(2,3)4;;/h1-4H3;2*1H/q+1;;. The second-order valence-electron chi connectivity index (χ2n) is 2.68. The zero-order valence-corrected chi connectivity index (χ0v) is 6.08. The van der Waals surface area contributed by atoms with E-state index in [9.17, 15) is 0 Å². The molecule has 0 saturated carbocycles. The molecule has 0 aliphatic carbocycles. The van der Waals surface area contributed by atoms with Gasteiger partial charge >= 0.3 is 0 Å². The summed E-state index contributed by atoms with van der Waals surface area (Å²) in [4.78, 5) is 0. The van der Waals surface area contributed by atoms with Gasteiger partial charge in [0.15, 0.2) is 0 Å². The molecule has 0 aromatic rings. The van der Waals surface area contributed by atoms with E-state index < -0.39 is 0 Å². The molecule has 1 nitrogen and oxygen atoms in total. The van der Waals surface area contributed by atoms with Gasteiger partial charge in [0.25, 0.3) is 0 Å². The second-order valence-corrected chi connectivity index (χ2v) is 2.68. The minimum absolute atomic E-state index is 0. The van der Waals surface area contributed by atoms with Crippen LogP contribution in [0.5, 0.6) is 0 Å². The maximum atomic E-state index is 2.12. The van der Waals surface area contributed by atoms with Crippen molar-refractivity contribution in [2.75, 3.05) is 28.2 Å². The van der Waals surface area contributed by atoms with Crippen LogP contribution in [0.25, 0.3) is 0 Å². The van der Waals surface area contributed by atoms with Gasteiger partial charge in [-0.3, -0.25) is 4.70 Å². The van der Waals surface area contributed by atoms with Crippen LogP contribution in [0.4, 0.5) is 4.70 Å². The van der Waals surface area contributed by atoms with Crippen LogP contribution in [0, 0.1) is 0 Å². The highest BCUT2D eigenvalue weighted by atomic mass is 35.5. The summed E-state index contributed by atoms with van der Waals surface area (Å²) < 4.78 is 1.00. The van der Waals surface area contributed by atoms with E-state index in [0.29, 0.717) is 0 Å². The Hall–Kier alpha value is 0.180. The molecule has 48 valence electrons. The van der Waals surface area contributed by atoms with E-state index >= 15 is 0 Å². The third kappa shape index (κ3) is 3330. The molecule has 0 aromatic carbocycles. The Morgan fingerprint density at radius 2 is 0.857 bits per heavy atom. The summed E-state index contributed by atoms with van der Waals surface area (Å²) in [5, 5.41) is 0. The molecule has 0 unspecified atom stereocenters. The third-order valence-corrected chi connectivity index (χ3v) is 0. The number of rotatable bonds is 0. The van der Waals surface area contributed by atoms with E-state index in [1.54, 1.807) is 0 Å². The van der Waals surface area contributed by atoms with Crippen molar-refractivity contribution in [2.24, 2.45) is 0 Å². The largest absolute Gasteiger partial charge is 0.333 e. The van der Waals surface area contributed by atoms with Crippen molar-refractivity contribution in [1.29, 1.82) is 0 Å². The smallest absolute Gasteiger partial charge is 0.0675 e. The number of quaternary nitrogens is 1. The fourth-order valence-corrected chi connectivity index (χ4v) is 0. The van der Waals surface area contributed by atoms with Gasteiger partial charge in [-0.25, -0.2) is 0 Å². The van der Waals surface area contributed by atoms with Gasteiger partial charge in [0.1, 0.15) is 0 Å². The van der Waals surface area contributed by atoms with E-state index in [1.807, 2.05) is 0 Å². The van der Waals surface area contributed by atoms with E-state index in [-0.39, 0.29) is 17.1 Å². The quantitative estimate of drug-likeness (QED) is 0.428. The van der Waals surface area contributed by atoms with Crippen molar-refractivity contribution < 1.29 is 9.19 Å². The van der Waals surface area contributed by atoms with E-state index in [2.05, 4.69) is 28.2 Å². The zero-order chi connectivity index (χ0) is 4.50. The second kappa shape index (κ2) is 4.34. The van der Waals surface area contributed by atoms with Crippen molar-refractivity contribution in [1.82, 2.24) is 0 Å². The molecular formula is C4H14ClFN+. The summed E-state index contributed by atoms with van der Waals surface area (Å²) in [5.41, 5.74) is 0. The number of halogens is 2. The predicted octanol–water partition coefficient (Wildman–Crippen LogP) is 0.897. The van der Waals surface area contributed by atoms with Crippen LogP contribution < -0.4 is 0 Å². The minimum Gasteiger partial charge on any atom is -0.333 e. The summed E-state index contributed by atoms with van der Waals surface area (Å²) >= 11 is 0. The molecule has 3 heteroatoms. The fourth-order valence-electron chi connectivity index (χ4n) is 0. The van der Waals surface area contributed by atoms with E-state index in [1.165, 1.54) is 0 Å². The first-order chi connectivity index (χ1) is 2.00. The van der Waals surface area contributed by atoms with Gasteiger partial charge in [0, 0.05) is 0 Å². The van der Waals surface area contributed by atoms with Gasteiger partial charge in [0.2, 0.25) is 0 Å². The molecule has 0 saturated heterocycles. The van der Waals surface area contributed by atoms with E-state index in [4.69, 9.17) is 0 Å². The molecule has 0 rings (SSSR count). The maximum Gasteiger partial charge on any atom is 0.0675 e. The molecular weight excluding hydrogens is 117 g/mol. The Balaban J connectivity index is -0.0000000800. The lowest BCUT2D eigenvalue weighted by molar-refractivity contribution is -0.849. The van der Waals surface area contributed by atoms with Crippen molar-refractivity contribution >= 4 is 12.4 Å². The maximum absolute atomic E-state index is 2.12. The Bertz CT molecular complexity index is 27.2. The first-order valence-electron chi connectivity index (χ1n) is 1.79. The Labute approximate surface area is 50.7 Å². The topological polar surface area (TPSA) is 0 Å². The molecule has 0 N–H and O–H groups in total. The first-order valence-corrected chi connectivity index (χ1v) is 1.79. The van der Waals surface area contributed by atoms with Crippen LogP contribution in [-0.2, 0) is 0 Å². The average molecular weight is 131 g/mol. The summed E-state index contributed by atoms with van der Waals surface area (Å²) in [6.45, 7) is 0. The summed E-state index contributed by atoms with van der Waals surface area (Å²) in [7, 11) is 8.50. The van der Waals surface area contributed by atoms with Crippen molar-refractivity contribution in [3.63, 3.8) is 0 Å². The molecule has 0 aliphatic heterocycles. The molecule has 0 aromatic heterocycles. The molecule has 0 aliphatic rings. The minimum atomic E-state index is 0. The molecule has 0 spiro atoms. The number of hydrogen-bond donors (Lipinski definition) is 0. The van der Waals surface area contributed by atoms with Crippen LogP contribution in [0.2, 0.25) is 0 Å². The lowest BCUT2D eigenvalue weighted by Crippen LogP contribution is -2.27. The Kier molecular flexibility index (Phi) is 9.73. The number of hydrogen-bond acceptors (Lipinski definition) is 0. The van der Waals surface area contributed by atoms with Gasteiger partial charge in [0.05, 0.1) is 28.2 Å². The molecule has 0 atom stereocenters. The Morgan fingerprint density at radius 1 is 0.857 bits per heavy atom. The highest BCUT2D eigenvalue weighted by Crippen LogP contribution is 1.73. The van der Waals surface area contributed by atoms with Gasteiger partial charge in [-0.15, -0.1) is 12.4 Å². The summed E-state index contributed by atoms with van der Waals surface area (Å²) in [6, 6.07) is 0. The normalized spacial score (nSPS) is 8.57. The van der Waals surface area contributed by atoms with Crippen LogP contribution in [0.1, 0.15) is 0 Å². The molecule has 0 radical (unpaired) electrons. The molecule has 0 heterocycles. The van der Waals surface area contributed by atoms with Crippen LogP contribution in [-0.4, -0.2) is 32.7 Å². The Morgan fingerprint density at radius 3 is 0.857 bits per heavy atom. The van der Waals surface area contributed by atoms with Crippen molar-refractivity contribution in [3.05, 3.63) is 0 Å². The SMILES string of the molecule is C[N+](C)(C)C.Cl.F. The van der Waals surface area contributed by atoms with Gasteiger partial charge < -0.3 is 4.48 Å². The van der Waals surface area contributed by atoms with Gasteiger partial charge in [-0.1, -0.05) is 0 Å². The zero-order valence-electron chi connectivity index (χ0n) is 5.26. The summed E-state index contributed by atoms with van der Waals surface area (Å²) in [6.07, 6.45) is 0. The van der Waals surface area contributed by atoms with Crippen molar-refractivity contribution in [2.45, 2.75) is 0 Å². The fraction of sp³-hybridized carbons (Fsp3) is 1.00. The van der Waals surface area contributed by atoms with Crippen LogP contribution >= 0.6 is 12.4 Å². The number of nitrogens with zero attached hydrogens (tertiary/aromatic N) is 1. The molecule has 0 amide bonds. The highest BCUT2D eigenvalue weighted by Gasteiger charge is 1.88. The van der Waals surface area contributed by atoms with E-state index in [0.717, 1.165) is 4.48 Å². The molecule has 7 heavy (non-hydrogen) atoms. The first kappa shape index (κ1) is 15.7. The monoisotopic (exact) mass is 130 g/mol. The van der Waals surface area contributed by atoms with Crippen LogP contribution in [0.15, 0.2) is 0 Å². The molecule has 0 bridgehead atoms. The van der Waals surface area contributed by atoms with Gasteiger partial charge in [-0.2, -0.15) is 0 Å².